The summed E-state index contributed by atoms with van der Waals surface area (Å²) in [4.78, 5) is 27.8. The Morgan fingerprint density at radius 3 is 2.21 bits per heavy atom. The van der Waals surface area contributed by atoms with Crippen molar-refractivity contribution in [2.45, 2.75) is 32.3 Å². The largest absolute Gasteiger partial charge is 0.507 e. The highest BCUT2D eigenvalue weighted by molar-refractivity contribution is 6.15. The molecular weight excluding hydrogens is 446 g/mol. The van der Waals surface area contributed by atoms with Gasteiger partial charge in [-0.25, -0.2) is 4.79 Å². The molecule has 3 rings (SSSR count). The van der Waals surface area contributed by atoms with Gasteiger partial charge in [0.05, 0.1) is 11.1 Å². The van der Waals surface area contributed by atoms with Gasteiger partial charge in [0.15, 0.2) is 23.4 Å². The average Bonchev–Trinajstić information content (AvgIpc) is 3.10. The number of ether oxygens (including phenoxy) is 2. The molecule has 0 spiro atoms. The minimum atomic E-state index is -1.80. The summed E-state index contributed by atoms with van der Waals surface area (Å²) in [6.45, 7) is 4.74. The van der Waals surface area contributed by atoms with Crippen LogP contribution in [0.5, 0.6) is 5.75 Å². The van der Waals surface area contributed by atoms with E-state index in [0.717, 1.165) is 18.8 Å². The van der Waals surface area contributed by atoms with Crippen LogP contribution in [-0.4, -0.2) is 75.5 Å². The highest BCUT2D eigenvalue weighted by Gasteiger charge is 2.39. The number of phenolic OH excluding ortho intramolecular Hbond substituents is 1. The molecule has 0 aromatic heterocycles. The molecule has 2 aromatic rings. The predicted molar refractivity (Wildman–Crippen MR) is 121 cm³/mol. The minimum Gasteiger partial charge on any atom is -0.507 e. The van der Waals surface area contributed by atoms with Gasteiger partial charge in [0.25, 0.3) is 0 Å². The quantitative estimate of drug-likeness (QED) is 0.270. The lowest BCUT2D eigenvalue weighted by Gasteiger charge is -2.21. The first-order valence-corrected chi connectivity index (χ1v) is 10.7. The highest BCUT2D eigenvalue weighted by Crippen LogP contribution is 2.28. The van der Waals surface area contributed by atoms with Crippen molar-refractivity contribution in [1.29, 1.82) is 0 Å². The number of aromatic hydroxyl groups is 1. The van der Waals surface area contributed by atoms with Gasteiger partial charge >= 0.3 is 5.97 Å². The summed E-state index contributed by atoms with van der Waals surface area (Å²) >= 11 is 0. The molecule has 0 aliphatic carbocycles. The lowest BCUT2D eigenvalue weighted by Crippen LogP contribution is -2.34. The van der Waals surface area contributed by atoms with E-state index in [9.17, 15) is 35.1 Å². The molecule has 0 saturated heterocycles. The summed E-state index contributed by atoms with van der Waals surface area (Å²) in [6.07, 6.45) is -4.88. The van der Waals surface area contributed by atoms with Crippen LogP contribution in [0.2, 0.25) is 0 Å². The Morgan fingerprint density at radius 1 is 1.00 bits per heavy atom. The molecule has 1 aliphatic heterocycles. The summed E-state index contributed by atoms with van der Waals surface area (Å²) < 4.78 is 9.89. The number of hydrogen-bond donors (Lipinski definition) is 5. The van der Waals surface area contributed by atoms with Crippen LogP contribution in [-0.2, 0) is 9.47 Å². The fraction of sp³-hybridized carbons (Fsp3) is 0.333. The molecule has 10 nitrogen and oxygen atoms in total. The number of nitrogens with zero attached hydrogens (tertiary/aromatic N) is 1. The number of carbonyl (C=O) groups is 2. The zero-order chi connectivity index (χ0) is 25.0. The van der Waals surface area contributed by atoms with Crippen LogP contribution in [0.3, 0.4) is 0 Å². The Bertz CT molecular complexity index is 1090. The fourth-order valence-corrected chi connectivity index (χ4v) is 3.64. The third-order valence-corrected chi connectivity index (χ3v) is 5.52. The number of phenols is 1. The molecule has 0 radical (unpaired) electrons. The molecule has 0 amide bonds. The Labute approximate surface area is 195 Å². The van der Waals surface area contributed by atoms with Gasteiger partial charge in [-0.3, -0.25) is 4.79 Å². The molecule has 182 valence electrons. The van der Waals surface area contributed by atoms with Crippen LogP contribution >= 0.6 is 0 Å². The van der Waals surface area contributed by atoms with Crippen molar-refractivity contribution in [2.75, 3.05) is 24.6 Å². The maximum Gasteiger partial charge on any atom is 0.338 e. The van der Waals surface area contributed by atoms with Crippen LogP contribution in [0.25, 0.3) is 0 Å². The summed E-state index contributed by atoms with van der Waals surface area (Å²) in [5, 5.41) is 49.1. The van der Waals surface area contributed by atoms with Gasteiger partial charge in [-0.1, -0.05) is 18.2 Å². The van der Waals surface area contributed by atoms with E-state index in [4.69, 9.17) is 9.47 Å². The molecule has 0 saturated carbocycles. The predicted octanol–water partition coefficient (Wildman–Crippen LogP) is 2.03. The second-order valence-electron chi connectivity index (χ2n) is 7.59. The zero-order valence-corrected chi connectivity index (χ0v) is 18.7. The van der Waals surface area contributed by atoms with Gasteiger partial charge in [0.1, 0.15) is 18.5 Å². The third-order valence-electron chi connectivity index (χ3n) is 5.52. The van der Waals surface area contributed by atoms with E-state index in [2.05, 4.69) is 0 Å². The Hall–Kier alpha value is -3.60. The van der Waals surface area contributed by atoms with Crippen LogP contribution in [0.1, 0.15) is 40.1 Å². The minimum absolute atomic E-state index is 0.00932. The van der Waals surface area contributed by atoms with Crippen LogP contribution in [0, 0.1) is 0 Å². The molecule has 0 bridgehead atoms. The van der Waals surface area contributed by atoms with E-state index in [1.165, 1.54) is 30.3 Å². The van der Waals surface area contributed by atoms with Gasteiger partial charge in [0.2, 0.25) is 6.29 Å². The number of hydrogen-bond acceptors (Lipinski definition) is 10. The van der Waals surface area contributed by atoms with E-state index in [-0.39, 0.29) is 22.4 Å². The van der Waals surface area contributed by atoms with Crippen molar-refractivity contribution in [1.82, 2.24) is 0 Å². The lowest BCUT2D eigenvalue weighted by atomic mass is 9.97. The zero-order valence-electron chi connectivity index (χ0n) is 18.7. The Balaban J connectivity index is 1.77. The SMILES string of the molecule is CCN(CC)c1ccc(C(=O)c2ccccc2C(=O)OCC(O)C2OC(O)C(O)=C2O)c(O)c1. The third kappa shape index (κ3) is 4.98. The normalized spacial score (nSPS) is 18.6. The summed E-state index contributed by atoms with van der Waals surface area (Å²) in [7, 11) is 0. The number of aliphatic hydroxyl groups is 4. The lowest BCUT2D eigenvalue weighted by molar-refractivity contribution is -0.135. The van der Waals surface area contributed by atoms with Crippen molar-refractivity contribution >= 4 is 17.4 Å². The summed E-state index contributed by atoms with van der Waals surface area (Å²) in [6, 6.07) is 10.5. The van der Waals surface area contributed by atoms with Crippen molar-refractivity contribution in [3.63, 3.8) is 0 Å². The number of ketones is 1. The molecule has 2 aromatic carbocycles. The van der Waals surface area contributed by atoms with Crippen molar-refractivity contribution < 1.29 is 44.6 Å². The first kappa shape index (κ1) is 25.0. The number of esters is 1. The fourth-order valence-electron chi connectivity index (χ4n) is 3.64. The second kappa shape index (κ2) is 10.6. The Morgan fingerprint density at radius 2 is 1.65 bits per heavy atom. The first-order chi connectivity index (χ1) is 16.2. The number of rotatable bonds is 9. The first-order valence-electron chi connectivity index (χ1n) is 10.7. The standard InChI is InChI=1S/C24H27NO9/c1-3-25(4-2)13-9-10-16(17(26)11-13)19(28)14-7-5-6-8-15(14)23(31)33-12-18(27)22-20(29)21(30)24(32)34-22/h5-11,18,22,24,26-27,29-30,32H,3-4,12H2,1-2H3. The number of aliphatic hydroxyl groups excluding tert-OH is 4. The molecule has 5 N–H and O–H groups in total. The second-order valence-corrected chi connectivity index (χ2v) is 7.59. The van der Waals surface area contributed by atoms with E-state index in [1.54, 1.807) is 12.1 Å². The number of benzene rings is 2. The summed E-state index contributed by atoms with van der Waals surface area (Å²) in [5.41, 5.74) is 0.654. The molecule has 3 unspecified atom stereocenters. The monoisotopic (exact) mass is 473 g/mol. The maximum atomic E-state index is 13.1. The molecule has 10 heteroatoms. The maximum absolute atomic E-state index is 13.1. The van der Waals surface area contributed by atoms with Gasteiger partial charge in [0, 0.05) is 30.4 Å². The molecule has 0 fully saturated rings. The van der Waals surface area contributed by atoms with Gasteiger partial charge < -0.3 is 39.9 Å². The van der Waals surface area contributed by atoms with Gasteiger partial charge in [-0.15, -0.1) is 0 Å². The summed E-state index contributed by atoms with van der Waals surface area (Å²) in [5.74, 6) is -3.36. The van der Waals surface area contributed by atoms with Crippen LogP contribution < -0.4 is 4.90 Å². The molecular formula is C24H27NO9. The van der Waals surface area contributed by atoms with Crippen molar-refractivity contribution in [3.8, 4) is 5.75 Å². The van der Waals surface area contributed by atoms with Crippen molar-refractivity contribution in [3.05, 3.63) is 70.7 Å². The topological polar surface area (TPSA) is 157 Å². The van der Waals surface area contributed by atoms with Crippen LogP contribution in [0.4, 0.5) is 5.69 Å². The molecule has 3 atom stereocenters. The average molecular weight is 473 g/mol. The smallest absolute Gasteiger partial charge is 0.338 e. The van der Waals surface area contributed by atoms with Gasteiger partial charge in [-0.2, -0.15) is 0 Å². The molecule has 1 aliphatic rings. The van der Waals surface area contributed by atoms with Crippen molar-refractivity contribution in [2.24, 2.45) is 0 Å². The Kier molecular flexibility index (Phi) is 7.77. The van der Waals surface area contributed by atoms with Gasteiger partial charge in [-0.05, 0) is 32.0 Å². The van der Waals surface area contributed by atoms with E-state index >= 15 is 0 Å². The molecule has 1 heterocycles. The van der Waals surface area contributed by atoms with E-state index in [0.29, 0.717) is 0 Å². The number of carbonyl (C=O) groups excluding carboxylic acids is 2. The number of anilines is 1. The highest BCUT2D eigenvalue weighted by atomic mass is 16.6. The van der Waals surface area contributed by atoms with E-state index < -0.39 is 48.4 Å². The van der Waals surface area contributed by atoms with E-state index in [1.807, 2.05) is 18.7 Å². The van der Waals surface area contributed by atoms with Crippen LogP contribution in [0.15, 0.2) is 54.0 Å². The molecule has 34 heavy (non-hydrogen) atoms.